The van der Waals surface area contributed by atoms with E-state index in [9.17, 15) is 15.0 Å². The maximum Gasteiger partial charge on any atom is 0.199 e. The second-order valence-electron chi connectivity index (χ2n) is 3.41. The maximum atomic E-state index is 11.1. The van der Waals surface area contributed by atoms with Gasteiger partial charge in [0.05, 0.1) is 25.4 Å². The number of carbonyl (C=O) groups is 1. The molecule has 2 unspecified atom stereocenters. The third-order valence-corrected chi connectivity index (χ3v) is 3.56. The minimum atomic E-state index is -0.629. The molecule has 2 N–H and O–H groups in total. The smallest absolute Gasteiger partial charge is 0.199 e. The van der Waals surface area contributed by atoms with Crippen molar-refractivity contribution in [2.75, 3.05) is 19.5 Å². The van der Waals surface area contributed by atoms with E-state index in [4.69, 9.17) is 4.74 Å². The summed E-state index contributed by atoms with van der Waals surface area (Å²) in [5.41, 5.74) is 0. The lowest BCUT2D eigenvalue weighted by Crippen LogP contribution is -2.21. The molecular weight excluding hydrogens is 248 g/mol. The van der Waals surface area contributed by atoms with Crippen LogP contribution in [0.5, 0.6) is 0 Å². The first-order chi connectivity index (χ1) is 7.60. The highest BCUT2D eigenvalue weighted by atomic mass is 33.1. The average molecular weight is 268 g/mol. The van der Waals surface area contributed by atoms with E-state index in [2.05, 4.69) is 0 Å². The van der Waals surface area contributed by atoms with Crippen LogP contribution < -0.4 is 0 Å². The van der Waals surface area contributed by atoms with Gasteiger partial charge in [0.25, 0.3) is 0 Å². The van der Waals surface area contributed by atoms with E-state index in [-0.39, 0.29) is 18.3 Å². The van der Waals surface area contributed by atoms with Crippen molar-refractivity contribution in [1.29, 1.82) is 0 Å². The zero-order valence-electron chi connectivity index (χ0n) is 9.72. The molecule has 0 heterocycles. The summed E-state index contributed by atoms with van der Waals surface area (Å²) in [4.78, 5) is 11.1. The van der Waals surface area contributed by atoms with Crippen molar-refractivity contribution in [1.82, 2.24) is 0 Å². The van der Waals surface area contributed by atoms with Crippen molar-refractivity contribution < 1.29 is 19.7 Å². The van der Waals surface area contributed by atoms with Crippen LogP contribution in [0.1, 0.15) is 26.2 Å². The van der Waals surface area contributed by atoms with E-state index in [0.717, 1.165) is 0 Å². The molecule has 0 bridgehead atoms. The van der Waals surface area contributed by atoms with Crippen LogP contribution in [0.15, 0.2) is 0 Å². The van der Waals surface area contributed by atoms with Gasteiger partial charge in [0.1, 0.15) is 0 Å². The Morgan fingerprint density at radius 3 is 2.50 bits per heavy atom. The van der Waals surface area contributed by atoms with Crippen molar-refractivity contribution in [3.05, 3.63) is 0 Å². The number of ether oxygens (including phenoxy) is 1. The lowest BCUT2D eigenvalue weighted by molar-refractivity contribution is -0.111. The van der Waals surface area contributed by atoms with E-state index < -0.39 is 12.2 Å². The Labute approximate surface area is 105 Å². The highest BCUT2D eigenvalue weighted by Gasteiger charge is 2.09. The van der Waals surface area contributed by atoms with E-state index in [1.807, 2.05) is 13.2 Å². The molecule has 0 saturated carbocycles. The fourth-order valence-corrected chi connectivity index (χ4v) is 2.16. The summed E-state index contributed by atoms with van der Waals surface area (Å²) in [5, 5.41) is 18.7. The van der Waals surface area contributed by atoms with Crippen molar-refractivity contribution >= 4 is 26.7 Å². The lowest BCUT2D eigenvalue weighted by Gasteiger charge is -2.12. The molecule has 0 saturated heterocycles. The average Bonchev–Trinajstić information content (AvgIpc) is 2.26. The number of hydrogen-bond acceptors (Lipinski definition) is 6. The highest BCUT2D eigenvalue weighted by Crippen LogP contribution is 2.20. The molecule has 0 amide bonds. The molecule has 96 valence electrons. The van der Waals surface area contributed by atoms with Crippen LogP contribution in [0.3, 0.4) is 0 Å². The Bertz CT molecular complexity index is 190. The van der Waals surface area contributed by atoms with Gasteiger partial charge in [0, 0.05) is 6.42 Å². The van der Waals surface area contributed by atoms with Gasteiger partial charge < -0.3 is 14.9 Å². The molecule has 0 radical (unpaired) electrons. The van der Waals surface area contributed by atoms with Crippen LogP contribution in [0.2, 0.25) is 0 Å². The number of carbonyl (C=O) groups excluding carboxylic acids is 1. The second-order valence-corrected chi connectivity index (χ2v) is 5.87. The number of aliphatic hydroxyl groups excluding tert-OH is 2. The molecule has 16 heavy (non-hydrogen) atoms. The van der Waals surface area contributed by atoms with E-state index in [1.54, 1.807) is 0 Å². The van der Waals surface area contributed by atoms with Gasteiger partial charge in [0.15, 0.2) is 5.12 Å². The molecule has 2 atom stereocenters. The summed E-state index contributed by atoms with van der Waals surface area (Å²) in [6, 6.07) is 0. The van der Waals surface area contributed by atoms with Crippen molar-refractivity contribution in [2.24, 2.45) is 0 Å². The first kappa shape index (κ1) is 16.2. The summed E-state index contributed by atoms with van der Waals surface area (Å²) in [5.74, 6) is 0. The molecular formula is C10H20O4S2. The summed E-state index contributed by atoms with van der Waals surface area (Å²) >= 11 is 0. The van der Waals surface area contributed by atoms with Crippen LogP contribution in [-0.2, 0) is 9.53 Å². The molecule has 0 spiro atoms. The third kappa shape index (κ3) is 9.47. The van der Waals surface area contributed by atoms with Gasteiger partial charge in [-0.2, -0.15) is 0 Å². The molecule has 0 fully saturated rings. The number of aliphatic hydroxyl groups is 2. The van der Waals surface area contributed by atoms with Crippen molar-refractivity contribution in [2.45, 2.75) is 38.4 Å². The Kier molecular flexibility index (Phi) is 10.6. The molecule has 4 nitrogen and oxygen atoms in total. The van der Waals surface area contributed by atoms with Gasteiger partial charge in [-0.15, -0.1) is 0 Å². The molecule has 0 rings (SSSR count). The topological polar surface area (TPSA) is 66.8 Å². The second kappa shape index (κ2) is 10.4. The minimum Gasteiger partial charge on any atom is -0.391 e. The predicted octanol–water partition coefficient (Wildman–Crippen LogP) is 1.45. The SMILES string of the molecule is CCC(O)COCC(O)CCC(=O)SSC. The number of hydrogen-bond donors (Lipinski definition) is 2. The molecule has 0 aliphatic rings. The maximum absolute atomic E-state index is 11.1. The zero-order chi connectivity index (χ0) is 12.4. The first-order valence-electron chi connectivity index (χ1n) is 5.27. The Morgan fingerprint density at radius 2 is 1.94 bits per heavy atom. The van der Waals surface area contributed by atoms with Crippen LogP contribution in [0.25, 0.3) is 0 Å². The van der Waals surface area contributed by atoms with E-state index in [1.165, 1.54) is 21.6 Å². The largest absolute Gasteiger partial charge is 0.391 e. The monoisotopic (exact) mass is 268 g/mol. The summed E-state index contributed by atoms with van der Waals surface area (Å²) < 4.78 is 5.12. The molecule has 6 heteroatoms. The molecule has 0 aromatic carbocycles. The number of rotatable bonds is 9. The van der Waals surface area contributed by atoms with Crippen LogP contribution in [0.4, 0.5) is 0 Å². The van der Waals surface area contributed by atoms with Crippen molar-refractivity contribution in [3.8, 4) is 0 Å². The fraction of sp³-hybridized carbons (Fsp3) is 0.900. The third-order valence-electron chi connectivity index (χ3n) is 1.95. The van der Waals surface area contributed by atoms with Gasteiger partial charge in [-0.1, -0.05) is 17.7 Å². The Morgan fingerprint density at radius 1 is 1.31 bits per heavy atom. The molecule has 0 aliphatic heterocycles. The molecule has 0 aromatic rings. The molecule has 0 aliphatic carbocycles. The summed E-state index contributed by atoms with van der Waals surface area (Å²) in [6.45, 7) is 2.28. The zero-order valence-corrected chi connectivity index (χ0v) is 11.4. The molecule has 0 aromatic heterocycles. The van der Waals surface area contributed by atoms with Gasteiger partial charge in [0.2, 0.25) is 0 Å². The lowest BCUT2D eigenvalue weighted by atomic mass is 10.2. The van der Waals surface area contributed by atoms with Crippen LogP contribution >= 0.6 is 21.6 Å². The van der Waals surface area contributed by atoms with Gasteiger partial charge in [-0.05, 0) is 29.9 Å². The fourth-order valence-electron chi connectivity index (χ4n) is 0.960. The summed E-state index contributed by atoms with van der Waals surface area (Å²) in [6.07, 6.45) is 2.14. The standard InChI is InChI=1S/C10H20O4S2/c1-3-8(11)6-14-7-9(12)4-5-10(13)16-15-2/h8-9,11-12H,3-7H2,1-2H3. The predicted molar refractivity (Wildman–Crippen MR) is 68.5 cm³/mol. The quantitative estimate of drug-likeness (QED) is 0.617. The summed E-state index contributed by atoms with van der Waals surface area (Å²) in [7, 11) is 2.60. The van der Waals surface area contributed by atoms with Gasteiger partial charge in [-0.3, -0.25) is 4.79 Å². The minimum absolute atomic E-state index is 0.0696. The van der Waals surface area contributed by atoms with E-state index >= 15 is 0 Å². The Balaban J connectivity index is 3.44. The van der Waals surface area contributed by atoms with Crippen molar-refractivity contribution in [3.63, 3.8) is 0 Å². The van der Waals surface area contributed by atoms with Crippen LogP contribution in [0, 0.1) is 0 Å². The first-order valence-corrected chi connectivity index (χ1v) is 7.83. The normalized spacial score (nSPS) is 14.8. The van der Waals surface area contributed by atoms with Gasteiger partial charge in [-0.25, -0.2) is 0 Å². The van der Waals surface area contributed by atoms with Crippen LogP contribution in [-0.4, -0.2) is 47.0 Å². The highest BCUT2D eigenvalue weighted by molar-refractivity contribution is 8.82. The van der Waals surface area contributed by atoms with E-state index in [0.29, 0.717) is 19.3 Å². The van der Waals surface area contributed by atoms with Gasteiger partial charge >= 0.3 is 0 Å². The Hall–Kier alpha value is 0.250.